The molecule has 1 aliphatic carbocycles. The number of aliphatic hydroxyl groups excluding tert-OH is 1. The largest absolute Gasteiger partial charge is 0.453 e. The zero-order valence-corrected chi connectivity index (χ0v) is 36.1. The van der Waals surface area contributed by atoms with E-state index in [1.165, 1.54) is 14.2 Å². The second-order valence-corrected chi connectivity index (χ2v) is 17.2. The molecule has 2 fully saturated rings. The maximum Gasteiger partial charge on any atom is 0.407 e. The van der Waals surface area contributed by atoms with Crippen molar-refractivity contribution >= 4 is 28.7 Å². The molecule has 3 aliphatic rings. The second-order valence-electron chi connectivity index (χ2n) is 17.2. The van der Waals surface area contributed by atoms with E-state index in [4.69, 9.17) is 19.4 Å². The zero-order valence-electron chi connectivity index (χ0n) is 36.1. The van der Waals surface area contributed by atoms with Crippen LogP contribution in [0.15, 0.2) is 97.3 Å². The predicted octanol–water partition coefficient (Wildman–Crippen LogP) is 7.35. The summed E-state index contributed by atoms with van der Waals surface area (Å²) in [6, 6.07) is 28.0. The van der Waals surface area contributed by atoms with Gasteiger partial charge in [-0.3, -0.25) is 14.9 Å². The van der Waals surface area contributed by atoms with Crippen LogP contribution < -0.4 is 10.6 Å². The molecule has 2 aromatic heterocycles. The number of amides is 3. The van der Waals surface area contributed by atoms with Crippen LogP contribution in [0.1, 0.15) is 80.8 Å². The van der Waals surface area contributed by atoms with Crippen molar-refractivity contribution in [2.24, 2.45) is 5.92 Å². The van der Waals surface area contributed by atoms with E-state index in [1.807, 2.05) is 60.3 Å². The summed E-state index contributed by atoms with van der Waals surface area (Å²) < 4.78 is 9.95. The van der Waals surface area contributed by atoms with Gasteiger partial charge in [-0.2, -0.15) is 0 Å². The molecule has 0 spiro atoms. The molecule has 9 rings (SSSR count). The molecule has 5 atom stereocenters. The summed E-state index contributed by atoms with van der Waals surface area (Å²) in [6.45, 7) is 5.09. The number of carbonyl (C=O) groups excluding carboxylic acids is 3. The van der Waals surface area contributed by atoms with E-state index in [1.54, 1.807) is 0 Å². The maximum absolute atomic E-state index is 14.5. The highest BCUT2D eigenvalue weighted by molar-refractivity contribution is 5.93. The average Bonchev–Trinajstić information content (AvgIpc) is 4.17. The number of aryl methyl sites for hydroxylation is 1. The number of aliphatic hydroxyl groups is 1. The summed E-state index contributed by atoms with van der Waals surface area (Å²) in [5.41, 5.74) is 6.60. The number of hydrogen-bond donors (Lipinski definition) is 5. The Labute approximate surface area is 366 Å². The Morgan fingerprint density at radius 2 is 1.37 bits per heavy atom. The number of imidazole rings is 2. The number of ether oxygens (including phenoxy) is 2. The highest BCUT2D eigenvalue weighted by atomic mass is 16.6. The fourth-order valence-corrected chi connectivity index (χ4v) is 9.79. The molecule has 4 aromatic carbocycles. The highest BCUT2D eigenvalue weighted by Gasteiger charge is 2.51. The molecule has 326 valence electrons. The molecule has 5 N–H and O–H groups in total. The average molecular weight is 851 g/mol. The number of rotatable bonds is 12. The standard InChI is InChI=1S/C49H54N8O6/c1-29(2)42(54-47(60)62-3)45(58)56-23-7-11-40(56)43-51-28-39(53-43)36-20-19-34-25-33(17-18-35(34)26-36)30-13-15-32(16-14-30)38-27-50-44(52-38)41-12-8-24-57(41)46(59)49(55-48(61)63-4)22-21-31-9-5-6-10-37(31)49/h5-6,9-10,13-20,25-29,40-42,47,54,60H,7-8,11-12,21-24H2,1-4H3,(H,50,52)(H,51,53)(H,55,61)/t40-,41-,42-,47?,49?/m0/s1. The Kier molecular flexibility index (Phi) is 11.6. The van der Waals surface area contributed by atoms with Gasteiger partial charge in [-0.25, -0.2) is 14.8 Å². The van der Waals surface area contributed by atoms with Crippen molar-refractivity contribution in [1.82, 2.24) is 40.4 Å². The Morgan fingerprint density at radius 3 is 2.03 bits per heavy atom. The highest BCUT2D eigenvalue weighted by Crippen LogP contribution is 2.43. The lowest BCUT2D eigenvalue weighted by molar-refractivity contribution is -0.145. The SMILES string of the molecule is COC(=O)NC1(C(=O)N2CCC[C@H]2c2ncc(-c3ccc(-c4ccc5cc(-c6cnc([C@@H]7CCCN7C(=O)[C@@H](NC(O)OC)C(C)C)[nH]6)ccc5c4)cc3)[nH]2)CCc2ccccc21. The summed E-state index contributed by atoms with van der Waals surface area (Å²) in [6.07, 6.45) is 6.23. The number of fused-ring (bicyclic) bond motifs is 2. The zero-order chi connectivity index (χ0) is 43.8. The molecule has 6 aromatic rings. The van der Waals surface area contributed by atoms with Crippen LogP contribution in [0.3, 0.4) is 0 Å². The number of hydrogen-bond acceptors (Lipinski definition) is 9. The Hall–Kier alpha value is -6.35. The first-order chi connectivity index (χ1) is 30.6. The van der Waals surface area contributed by atoms with Crippen LogP contribution in [0.4, 0.5) is 4.79 Å². The van der Waals surface area contributed by atoms with Crippen LogP contribution in [0.25, 0.3) is 44.4 Å². The summed E-state index contributed by atoms with van der Waals surface area (Å²) in [5, 5.41) is 18.1. The molecule has 2 saturated heterocycles. The lowest BCUT2D eigenvalue weighted by atomic mass is 9.89. The molecular weight excluding hydrogens is 797 g/mol. The van der Waals surface area contributed by atoms with Gasteiger partial charge < -0.3 is 39.7 Å². The number of nitrogens with one attached hydrogen (secondary N) is 4. The number of aromatic amines is 2. The first-order valence-corrected chi connectivity index (χ1v) is 21.8. The second kappa shape index (κ2) is 17.4. The molecule has 14 heteroatoms. The van der Waals surface area contributed by atoms with Crippen LogP contribution in [0.5, 0.6) is 0 Å². The molecular formula is C49H54N8O6. The number of likely N-dealkylation sites (tertiary alicyclic amines) is 2. The smallest absolute Gasteiger partial charge is 0.407 e. The van der Waals surface area contributed by atoms with Gasteiger partial charge in [0.25, 0.3) is 5.91 Å². The molecule has 3 amide bonds. The van der Waals surface area contributed by atoms with Gasteiger partial charge in [0.15, 0.2) is 0 Å². The first-order valence-electron chi connectivity index (χ1n) is 21.8. The van der Waals surface area contributed by atoms with Crippen LogP contribution in [0.2, 0.25) is 0 Å². The summed E-state index contributed by atoms with van der Waals surface area (Å²) in [7, 11) is 2.71. The molecule has 0 bridgehead atoms. The normalized spacial score (nSPS) is 20.6. The van der Waals surface area contributed by atoms with Crippen LogP contribution in [0, 0.1) is 5.92 Å². The minimum atomic E-state index is -1.23. The van der Waals surface area contributed by atoms with E-state index in [9.17, 15) is 19.5 Å². The molecule has 4 heterocycles. The van der Waals surface area contributed by atoms with Crippen molar-refractivity contribution < 1.29 is 29.0 Å². The third-order valence-corrected chi connectivity index (χ3v) is 13.1. The van der Waals surface area contributed by atoms with E-state index in [0.29, 0.717) is 25.9 Å². The number of H-pyrrole nitrogens is 2. The minimum Gasteiger partial charge on any atom is -0.453 e. The van der Waals surface area contributed by atoms with Gasteiger partial charge in [0.1, 0.15) is 17.2 Å². The number of benzene rings is 4. The van der Waals surface area contributed by atoms with Gasteiger partial charge in [-0.15, -0.1) is 0 Å². The van der Waals surface area contributed by atoms with Crippen LogP contribution in [-0.2, 0) is 31.0 Å². The van der Waals surface area contributed by atoms with Crippen LogP contribution >= 0.6 is 0 Å². The number of aromatic nitrogens is 4. The van der Waals surface area contributed by atoms with Crippen molar-refractivity contribution in [2.75, 3.05) is 27.3 Å². The number of carbonyl (C=O) groups is 3. The van der Waals surface area contributed by atoms with E-state index < -0.39 is 24.1 Å². The summed E-state index contributed by atoms with van der Waals surface area (Å²) >= 11 is 0. The quantitative estimate of drug-likeness (QED) is 0.0788. The fourth-order valence-electron chi connectivity index (χ4n) is 9.79. The minimum absolute atomic E-state index is 0.0471. The van der Waals surface area contributed by atoms with Gasteiger partial charge in [0.2, 0.25) is 12.3 Å². The molecule has 0 saturated carbocycles. The molecule has 14 nitrogen and oxygen atoms in total. The number of alkyl carbamates (subject to hydrolysis) is 1. The topological polar surface area (TPSA) is 178 Å². The Balaban J connectivity index is 0.881. The molecule has 63 heavy (non-hydrogen) atoms. The summed E-state index contributed by atoms with van der Waals surface area (Å²) in [5.74, 6) is 1.21. The van der Waals surface area contributed by atoms with Gasteiger partial charge >= 0.3 is 6.09 Å². The van der Waals surface area contributed by atoms with Gasteiger partial charge in [0.05, 0.1) is 49.0 Å². The van der Waals surface area contributed by atoms with Gasteiger partial charge in [0, 0.05) is 25.8 Å². The van der Waals surface area contributed by atoms with E-state index in [0.717, 1.165) is 92.9 Å². The van der Waals surface area contributed by atoms with Crippen molar-refractivity contribution in [3.8, 4) is 33.6 Å². The van der Waals surface area contributed by atoms with Gasteiger partial charge in [-0.1, -0.05) is 86.6 Å². The summed E-state index contributed by atoms with van der Waals surface area (Å²) in [4.78, 5) is 61.0. The van der Waals surface area contributed by atoms with Gasteiger partial charge in [-0.05, 0) is 95.2 Å². The number of nitrogens with zero attached hydrogens (tertiary/aromatic N) is 4. The first kappa shape index (κ1) is 42.0. The van der Waals surface area contributed by atoms with E-state index in [-0.39, 0.29) is 29.8 Å². The third-order valence-electron chi connectivity index (χ3n) is 13.1. The van der Waals surface area contributed by atoms with Crippen LogP contribution in [-0.4, -0.2) is 92.5 Å². The third kappa shape index (κ3) is 7.98. The Bertz CT molecular complexity index is 2640. The molecule has 2 unspecified atom stereocenters. The number of methoxy groups -OCH3 is 2. The Morgan fingerprint density at radius 1 is 0.778 bits per heavy atom. The van der Waals surface area contributed by atoms with Crippen molar-refractivity contribution in [3.63, 3.8) is 0 Å². The van der Waals surface area contributed by atoms with E-state index >= 15 is 0 Å². The van der Waals surface area contributed by atoms with Crippen molar-refractivity contribution in [2.45, 2.75) is 82.5 Å². The van der Waals surface area contributed by atoms with Crippen molar-refractivity contribution in [3.05, 3.63) is 120 Å². The lowest BCUT2D eigenvalue weighted by Gasteiger charge is -2.36. The van der Waals surface area contributed by atoms with E-state index in [2.05, 4.69) is 81.3 Å². The predicted molar refractivity (Wildman–Crippen MR) is 239 cm³/mol. The van der Waals surface area contributed by atoms with Crippen molar-refractivity contribution in [1.29, 1.82) is 0 Å². The maximum atomic E-state index is 14.5. The lowest BCUT2D eigenvalue weighted by Crippen LogP contribution is -2.56. The molecule has 2 aliphatic heterocycles. The molecule has 0 radical (unpaired) electrons. The fraction of sp³-hybridized carbons (Fsp3) is 0.367. The monoisotopic (exact) mass is 850 g/mol.